The molecule has 2 aromatic rings. The van der Waals surface area contributed by atoms with Gasteiger partial charge >= 0.3 is 0 Å². The molecule has 0 aromatic heterocycles. The Labute approximate surface area is 124 Å². The molecule has 20 heavy (non-hydrogen) atoms. The van der Waals surface area contributed by atoms with Gasteiger partial charge in [-0.05, 0) is 35.9 Å². The van der Waals surface area contributed by atoms with E-state index in [0.29, 0.717) is 21.3 Å². The largest absolute Gasteiger partial charge is 0.387 e. The molecule has 0 aliphatic rings. The first-order chi connectivity index (χ1) is 9.60. The van der Waals surface area contributed by atoms with Gasteiger partial charge in [-0.15, -0.1) is 0 Å². The number of aliphatic hydroxyl groups is 1. The lowest BCUT2D eigenvalue weighted by Crippen LogP contribution is -2.13. The van der Waals surface area contributed by atoms with Crippen molar-refractivity contribution in [2.24, 2.45) is 0 Å². The van der Waals surface area contributed by atoms with Crippen molar-refractivity contribution in [3.8, 4) is 6.07 Å². The molecule has 2 N–H and O–H groups in total. The van der Waals surface area contributed by atoms with E-state index in [1.165, 1.54) is 6.07 Å². The third-order valence-corrected chi connectivity index (χ3v) is 3.33. The van der Waals surface area contributed by atoms with Crippen LogP contribution < -0.4 is 5.32 Å². The second-order valence-electron chi connectivity index (χ2n) is 4.25. The van der Waals surface area contributed by atoms with E-state index in [0.717, 1.165) is 0 Å². The minimum absolute atomic E-state index is 0.185. The van der Waals surface area contributed by atoms with Gasteiger partial charge in [-0.3, -0.25) is 0 Å². The smallest absolute Gasteiger partial charge is 0.147 e. The normalized spacial score (nSPS) is 11.7. The highest BCUT2D eigenvalue weighted by molar-refractivity contribution is 9.10. The first kappa shape index (κ1) is 14.5. The summed E-state index contributed by atoms with van der Waals surface area (Å²) >= 11 is 3.18. The highest BCUT2D eigenvalue weighted by Gasteiger charge is 2.09. The molecule has 0 spiro atoms. The molecule has 0 aliphatic carbocycles. The molecule has 0 saturated heterocycles. The molecule has 3 nitrogen and oxygen atoms in total. The maximum Gasteiger partial charge on any atom is 0.147 e. The van der Waals surface area contributed by atoms with Gasteiger partial charge in [0.2, 0.25) is 0 Å². The van der Waals surface area contributed by atoms with Crippen molar-refractivity contribution >= 4 is 21.6 Å². The summed E-state index contributed by atoms with van der Waals surface area (Å²) in [5, 5.41) is 21.6. The fourth-order valence-corrected chi connectivity index (χ4v) is 2.07. The average Bonchev–Trinajstić information content (AvgIpc) is 2.46. The highest BCUT2D eigenvalue weighted by Crippen LogP contribution is 2.21. The van der Waals surface area contributed by atoms with Gasteiger partial charge in [0.15, 0.2) is 0 Å². The summed E-state index contributed by atoms with van der Waals surface area (Å²) in [6.45, 7) is 0.185. The molecular weight excluding hydrogens is 323 g/mol. The van der Waals surface area contributed by atoms with Crippen LogP contribution in [0.1, 0.15) is 17.2 Å². The van der Waals surface area contributed by atoms with Crippen molar-refractivity contribution in [2.75, 3.05) is 11.9 Å². The average molecular weight is 335 g/mol. The summed E-state index contributed by atoms with van der Waals surface area (Å²) in [5.41, 5.74) is 1.54. The Bertz CT molecular complexity index is 637. The van der Waals surface area contributed by atoms with E-state index in [-0.39, 0.29) is 12.4 Å². The molecule has 0 radical (unpaired) electrons. The van der Waals surface area contributed by atoms with Crippen molar-refractivity contribution in [2.45, 2.75) is 6.10 Å². The van der Waals surface area contributed by atoms with Crippen LogP contribution in [0, 0.1) is 17.1 Å². The van der Waals surface area contributed by atoms with Crippen LogP contribution in [-0.4, -0.2) is 11.7 Å². The Morgan fingerprint density at radius 1 is 1.25 bits per heavy atom. The molecule has 0 saturated carbocycles. The standard InChI is InChI=1S/C15H12BrFN2O/c16-12-5-6-14(13(17)7-12)19-9-15(20)11-3-1-10(8-18)2-4-11/h1-7,15,19-20H,9H2. The molecule has 0 aliphatic heterocycles. The summed E-state index contributed by atoms with van der Waals surface area (Å²) in [6.07, 6.45) is -0.772. The SMILES string of the molecule is N#Cc1ccc(C(O)CNc2ccc(Br)cc2F)cc1. The van der Waals surface area contributed by atoms with Gasteiger partial charge in [0.25, 0.3) is 0 Å². The van der Waals surface area contributed by atoms with Crippen LogP contribution in [0.4, 0.5) is 10.1 Å². The Kier molecular flexibility index (Phi) is 4.72. The van der Waals surface area contributed by atoms with E-state index < -0.39 is 6.10 Å². The Hall–Kier alpha value is -1.90. The van der Waals surface area contributed by atoms with Crippen molar-refractivity contribution in [3.63, 3.8) is 0 Å². The predicted octanol–water partition coefficient (Wildman–Crippen LogP) is 3.61. The number of rotatable bonds is 4. The minimum Gasteiger partial charge on any atom is -0.387 e. The van der Waals surface area contributed by atoms with Gasteiger partial charge in [-0.1, -0.05) is 28.1 Å². The number of hydrogen-bond donors (Lipinski definition) is 2. The molecule has 2 rings (SSSR count). The van der Waals surface area contributed by atoms with Gasteiger partial charge in [-0.25, -0.2) is 4.39 Å². The quantitative estimate of drug-likeness (QED) is 0.898. The Morgan fingerprint density at radius 2 is 1.95 bits per heavy atom. The number of nitrogens with zero attached hydrogens (tertiary/aromatic N) is 1. The van der Waals surface area contributed by atoms with Crippen molar-refractivity contribution < 1.29 is 9.50 Å². The summed E-state index contributed by atoms with van der Waals surface area (Å²) in [7, 11) is 0. The molecular formula is C15H12BrFN2O. The molecule has 0 fully saturated rings. The number of nitriles is 1. The molecule has 0 bridgehead atoms. The van der Waals surface area contributed by atoms with E-state index >= 15 is 0 Å². The third kappa shape index (κ3) is 3.56. The van der Waals surface area contributed by atoms with Crippen molar-refractivity contribution in [1.82, 2.24) is 0 Å². The van der Waals surface area contributed by atoms with Crippen LogP contribution >= 0.6 is 15.9 Å². The number of nitrogens with one attached hydrogen (secondary N) is 1. The fourth-order valence-electron chi connectivity index (χ4n) is 1.74. The van der Waals surface area contributed by atoms with Gasteiger partial charge in [0.1, 0.15) is 5.82 Å². The summed E-state index contributed by atoms with van der Waals surface area (Å²) < 4.78 is 14.3. The maximum absolute atomic E-state index is 13.6. The Balaban J connectivity index is 2.00. The van der Waals surface area contributed by atoms with Gasteiger partial charge in [0.05, 0.1) is 23.4 Å². The van der Waals surface area contributed by atoms with Crippen LogP contribution in [0.3, 0.4) is 0 Å². The van der Waals surface area contributed by atoms with Gasteiger partial charge in [0, 0.05) is 11.0 Å². The second-order valence-corrected chi connectivity index (χ2v) is 5.17. The maximum atomic E-state index is 13.6. The molecule has 5 heteroatoms. The van der Waals surface area contributed by atoms with Gasteiger partial charge < -0.3 is 10.4 Å². The zero-order valence-electron chi connectivity index (χ0n) is 10.5. The summed E-state index contributed by atoms with van der Waals surface area (Å²) in [5.74, 6) is -0.383. The topological polar surface area (TPSA) is 56.0 Å². The molecule has 1 unspecified atom stereocenters. The zero-order chi connectivity index (χ0) is 14.5. The number of anilines is 1. The number of halogens is 2. The number of hydrogen-bond acceptors (Lipinski definition) is 3. The van der Waals surface area contributed by atoms with Crippen LogP contribution in [0.15, 0.2) is 46.9 Å². The fraction of sp³-hybridized carbons (Fsp3) is 0.133. The minimum atomic E-state index is -0.772. The van der Waals surface area contributed by atoms with E-state index in [4.69, 9.17) is 5.26 Å². The number of aliphatic hydroxyl groups excluding tert-OH is 1. The van der Waals surface area contributed by atoms with Crippen LogP contribution in [-0.2, 0) is 0 Å². The first-order valence-corrected chi connectivity index (χ1v) is 6.76. The lowest BCUT2D eigenvalue weighted by molar-refractivity contribution is 0.191. The van der Waals surface area contributed by atoms with E-state index in [2.05, 4.69) is 21.2 Å². The highest BCUT2D eigenvalue weighted by atomic mass is 79.9. The second kappa shape index (κ2) is 6.51. The molecule has 2 aromatic carbocycles. The molecule has 102 valence electrons. The van der Waals surface area contributed by atoms with Crippen molar-refractivity contribution in [3.05, 3.63) is 63.9 Å². The van der Waals surface area contributed by atoms with E-state index in [9.17, 15) is 9.50 Å². The lowest BCUT2D eigenvalue weighted by atomic mass is 10.1. The molecule has 1 atom stereocenters. The first-order valence-electron chi connectivity index (χ1n) is 5.97. The monoisotopic (exact) mass is 334 g/mol. The number of benzene rings is 2. The van der Waals surface area contributed by atoms with E-state index in [1.807, 2.05) is 6.07 Å². The van der Waals surface area contributed by atoms with E-state index in [1.54, 1.807) is 36.4 Å². The Morgan fingerprint density at radius 3 is 2.55 bits per heavy atom. The summed E-state index contributed by atoms with van der Waals surface area (Å²) in [4.78, 5) is 0. The third-order valence-electron chi connectivity index (χ3n) is 2.84. The lowest BCUT2D eigenvalue weighted by Gasteiger charge is -2.14. The van der Waals surface area contributed by atoms with Crippen LogP contribution in [0.5, 0.6) is 0 Å². The molecule has 0 heterocycles. The zero-order valence-corrected chi connectivity index (χ0v) is 12.1. The molecule has 0 amide bonds. The van der Waals surface area contributed by atoms with Gasteiger partial charge in [-0.2, -0.15) is 5.26 Å². The summed E-state index contributed by atoms with van der Waals surface area (Å²) in [6, 6.07) is 13.3. The van der Waals surface area contributed by atoms with Crippen LogP contribution in [0.25, 0.3) is 0 Å². The van der Waals surface area contributed by atoms with Crippen molar-refractivity contribution in [1.29, 1.82) is 5.26 Å². The van der Waals surface area contributed by atoms with Crippen LogP contribution in [0.2, 0.25) is 0 Å². The predicted molar refractivity (Wildman–Crippen MR) is 78.7 cm³/mol.